The van der Waals surface area contributed by atoms with Crippen molar-refractivity contribution in [2.24, 2.45) is 0 Å². The van der Waals surface area contributed by atoms with Gasteiger partial charge in [0.2, 0.25) is 0 Å². The van der Waals surface area contributed by atoms with Gasteiger partial charge in [0.05, 0.1) is 6.61 Å². The zero-order valence-electron chi connectivity index (χ0n) is 14.8. The van der Waals surface area contributed by atoms with E-state index in [0.29, 0.717) is 18.8 Å². The second-order valence-electron chi connectivity index (χ2n) is 5.35. The molecule has 0 aliphatic carbocycles. The Morgan fingerprint density at radius 2 is 1.40 bits per heavy atom. The maximum Gasteiger partial charge on any atom is 0.333 e. The van der Waals surface area contributed by atoms with E-state index in [9.17, 15) is 19.2 Å². The first-order valence-electron chi connectivity index (χ1n) is 7.55. The first-order valence-corrected chi connectivity index (χ1v) is 7.55. The quantitative estimate of drug-likeness (QED) is 0.151. The molecule has 8 heteroatoms. The molecule has 0 bridgehead atoms. The highest BCUT2D eigenvalue weighted by atomic mass is 16.6. The molecule has 0 aromatic carbocycles. The Bertz CT molecular complexity index is 531. The van der Waals surface area contributed by atoms with Gasteiger partial charge in [-0.05, 0) is 20.8 Å². The van der Waals surface area contributed by atoms with Gasteiger partial charge in [-0.3, -0.25) is 9.59 Å². The number of Topliss-reactive ketones (excluding diaryl/α,β-unsaturated/α-hetero) is 1. The van der Waals surface area contributed by atoms with Gasteiger partial charge in [0.1, 0.15) is 38.1 Å². The lowest BCUT2D eigenvalue weighted by Gasteiger charge is -2.05. The summed E-state index contributed by atoms with van der Waals surface area (Å²) in [6, 6.07) is 0. The SMILES string of the molecule is C=C(C)C(=O)OCC1CO1.C=C(C)C(=O)OCCOC(=O)CC(C)=O. The monoisotopic (exact) mass is 356 g/mol. The molecule has 0 spiro atoms. The number of rotatable bonds is 9. The van der Waals surface area contributed by atoms with Crippen molar-refractivity contribution >= 4 is 23.7 Å². The highest BCUT2D eigenvalue weighted by Gasteiger charge is 2.24. The third-order valence-electron chi connectivity index (χ3n) is 2.47. The van der Waals surface area contributed by atoms with Crippen molar-refractivity contribution < 1.29 is 38.1 Å². The van der Waals surface area contributed by atoms with Crippen LogP contribution in [0, 0.1) is 0 Å². The summed E-state index contributed by atoms with van der Waals surface area (Å²) in [4.78, 5) is 42.9. The molecule has 1 unspecified atom stereocenters. The summed E-state index contributed by atoms with van der Waals surface area (Å²) in [7, 11) is 0. The van der Waals surface area contributed by atoms with E-state index in [0.717, 1.165) is 0 Å². The summed E-state index contributed by atoms with van der Waals surface area (Å²) < 4.78 is 18.9. The molecule has 1 saturated heterocycles. The van der Waals surface area contributed by atoms with Gasteiger partial charge in [-0.1, -0.05) is 13.2 Å². The lowest BCUT2D eigenvalue weighted by molar-refractivity contribution is -0.151. The number of hydrogen-bond acceptors (Lipinski definition) is 8. The minimum atomic E-state index is -0.617. The third-order valence-corrected chi connectivity index (χ3v) is 2.47. The van der Waals surface area contributed by atoms with E-state index in [2.05, 4.69) is 22.6 Å². The van der Waals surface area contributed by atoms with Crippen LogP contribution in [0.15, 0.2) is 24.3 Å². The molecule has 0 aromatic rings. The molecule has 0 N–H and O–H groups in total. The van der Waals surface area contributed by atoms with Gasteiger partial charge in [0.15, 0.2) is 0 Å². The average Bonchev–Trinajstić information content (AvgIpc) is 3.32. The Kier molecular flexibility index (Phi) is 10.8. The van der Waals surface area contributed by atoms with E-state index in [-0.39, 0.29) is 43.1 Å². The Hall–Kier alpha value is -2.48. The van der Waals surface area contributed by atoms with Crippen molar-refractivity contribution in [1.29, 1.82) is 0 Å². The molecule has 0 amide bonds. The molecule has 25 heavy (non-hydrogen) atoms. The van der Waals surface area contributed by atoms with Crippen molar-refractivity contribution in [2.45, 2.75) is 33.3 Å². The van der Waals surface area contributed by atoms with Crippen LogP contribution in [-0.2, 0) is 38.1 Å². The molecule has 140 valence electrons. The van der Waals surface area contributed by atoms with E-state index in [1.807, 2.05) is 0 Å². The van der Waals surface area contributed by atoms with Crippen LogP contribution in [-0.4, -0.2) is 56.2 Å². The van der Waals surface area contributed by atoms with Crippen LogP contribution in [0.2, 0.25) is 0 Å². The summed E-state index contributed by atoms with van der Waals surface area (Å²) >= 11 is 0. The molecule has 0 saturated carbocycles. The predicted molar refractivity (Wildman–Crippen MR) is 87.5 cm³/mol. The molecule has 0 radical (unpaired) electrons. The second-order valence-corrected chi connectivity index (χ2v) is 5.35. The summed E-state index contributed by atoms with van der Waals surface area (Å²) in [6.45, 7) is 12.2. The number of ether oxygens (including phenoxy) is 4. The summed E-state index contributed by atoms with van der Waals surface area (Å²) in [6.07, 6.45) is -0.114. The molecular formula is C17H24O8. The van der Waals surface area contributed by atoms with Crippen LogP contribution in [0.4, 0.5) is 0 Å². The van der Waals surface area contributed by atoms with Gasteiger partial charge in [0.25, 0.3) is 0 Å². The summed E-state index contributed by atoms with van der Waals surface area (Å²) in [5.41, 5.74) is 0.714. The number of epoxide rings is 1. The Balaban J connectivity index is 0.000000496. The lowest BCUT2D eigenvalue weighted by atomic mass is 10.3. The second kappa shape index (κ2) is 12.0. The first kappa shape index (κ1) is 22.5. The van der Waals surface area contributed by atoms with Crippen molar-refractivity contribution in [2.75, 3.05) is 26.4 Å². The number of carbonyl (C=O) groups excluding carboxylic acids is 4. The number of ketones is 1. The van der Waals surface area contributed by atoms with E-state index in [1.54, 1.807) is 6.92 Å². The van der Waals surface area contributed by atoms with E-state index in [1.165, 1.54) is 13.8 Å². The van der Waals surface area contributed by atoms with Crippen molar-refractivity contribution in [3.63, 3.8) is 0 Å². The van der Waals surface area contributed by atoms with Crippen LogP contribution >= 0.6 is 0 Å². The average molecular weight is 356 g/mol. The Morgan fingerprint density at radius 3 is 1.84 bits per heavy atom. The molecule has 1 rings (SSSR count). The van der Waals surface area contributed by atoms with Gasteiger partial charge in [-0.15, -0.1) is 0 Å². The van der Waals surface area contributed by atoms with Crippen LogP contribution < -0.4 is 0 Å². The zero-order chi connectivity index (χ0) is 19.4. The predicted octanol–water partition coefficient (Wildman–Crippen LogP) is 1.13. The minimum Gasteiger partial charge on any atom is -0.462 e. The van der Waals surface area contributed by atoms with Gasteiger partial charge in [0, 0.05) is 11.1 Å². The maximum absolute atomic E-state index is 10.8. The molecular weight excluding hydrogens is 332 g/mol. The highest BCUT2D eigenvalue weighted by molar-refractivity contribution is 5.94. The van der Waals surface area contributed by atoms with Gasteiger partial charge >= 0.3 is 17.9 Å². The Labute approximate surface area is 146 Å². The van der Waals surface area contributed by atoms with Crippen LogP contribution in [0.25, 0.3) is 0 Å². The lowest BCUT2D eigenvalue weighted by Crippen LogP contribution is -2.15. The molecule has 1 aliphatic rings. The molecule has 8 nitrogen and oxygen atoms in total. The Morgan fingerprint density at radius 1 is 0.920 bits per heavy atom. The number of carbonyl (C=O) groups is 4. The maximum atomic E-state index is 10.8. The summed E-state index contributed by atoms with van der Waals surface area (Å²) in [5, 5.41) is 0. The molecule has 1 atom stereocenters. The van der Waals surface area contributed by atoms with Gasteiger partial charge in [-0.25, -0.2) is 9.59 Å². The highest BCUT2D eigenvalue weighted by Crippen LogP contribution is 2.09. The fourth-order valence-corrected chi connectivity index (χ4v) is 1.12. The van der Waals surface area contributed by atoms with Gasteiger partial charge in [-0.2, -0.15) is 0 Å². The molecule has 0 aromatic heterocycles. The van der Waals surface area contributed by atoms with E-state index >= 15 is 0 Å². The third kappa shape index (κ3) is 13.6. The van der Waals surface area contributed by atoms with Crippen molar-refractivity contribution in [3.05, 3.63) is 24.3 Å². The minimum absolute atomic E-state index is 0.0324. The van der Waals surface area contributed by atoms with Crippen molar-refractivity contribution in [3.8, 4) is 0 Å². The number of hydrogen-bond donors (Lipinski definition) is 0. The standard InChI is InChI=1S/C10H14O5.C7H10O3/c1-7(2)10(13)15-5-4-14-9(12)6-8(3)11;1-5(2)7(8)10-4-6-3-9-6/h1,4-6H2,2-3H3;6H,1,3-4H2,2H3. The molecule has 1 aliphatic heterocycles. The van der Waals surface area contributed by atoms with Crippen LogP contribution in [0.1, 0.15) is 27.2 Å². The molecule has 1 fully saturated rings. The van der Waals surface area contributed by atoms with Crippen LogP contribution in [0.3, 0.4) is 0 Å². The van der Waals surface area contributed by atoms with Gasteiger partial charge < -0.3 is 18.9 Å². The summed E-state index contributed by atoms with van der Waals surface area (Å²) in [5.74, 6) is -1.75. The molecule has 1 heterocycles. The van der Waals surface area contributed by atoms with E-state index < -0.39 is 11.9 Å². The number of esters is 3. The first-order chi connectivity index (χ1) is 11.6. The van der Waals surface area contributed by atoms with E-state index in [4.69, 9.17) is 9.47 Å². The fourth-order valence-electron chi connectivity index (χ4n) is 1.12. The topological polar surface area (TPSA) is 108 Å². The normalized spacial score (nSPS) is 14.3. The fraction of sp³-hybridized carbons (Fsp3) is 0.529. The zero-order valence-corrected chi connectivity index (χ0v) is 14.8. The van der Waals surface area contributed by atoms with Crippen molar-refractivity contribution in [1.82, 2.24) is 0 Å². The van der Waals surface area contributed by atoms with Crippen LogP contribution in [0.5, 0.6) is 0 Å². The largest absolute Gasteiger partial charge is 0.462 e. The smallest absolute Gasteiger partial charge is 0.333 e.